The molecule has 0 aromatic carbocycles. The quantitative estimate of drug-likeness (QED) is 0.742. The van der Waals surface area contributed by atoms with Crippen LogP contribution in [0.2, 0.25) is 0 Å². The summed E-state index contributed by atoms with van der Waals surface area (Å²) in [5.41, 5.74) is 0.134. The van der Waals surface area contributed by atoms with Crippen molar-refractivity contribution in [2.45, 2.75) is 13.3 Å². The van der Waals surface area contributed by atoms with Crippen LogP contribution in [0, 0.1) is 0 Å². The van der Waals surface area contributed by atoms with Gasteiger partial charge in [0.15, 0.2) is 5.69 Å². The van der Waals surface area contributed by atoms with Crippen molar-refractivity contribution in [3.63, 3.8) is 0 Å². The molecule has 0 saturated heterocycles. The van der Waals surface area contributed by atoms with E-state index in [1.165, 1.54) is 19.5 Å². The second-order valence-electron chi connectivity index (χ2n) is 3.96. The Kier molecular flexibility index (Phi) is 5.72. The number of hydrogen-bond donors (Lipinski definition) is 1. The van der Waals surface area contributed by atoms with Crippen LogP contribution in [0.25, 0.3) is 0 Å². The van der Waals surface area contributed by atoms with Crippen LogP contribution in [0.5, 0.6) is 0 Å². The zero-order valence-corrected chi connectivity index (χ0v) is 11.3. The molecule has 0 aliphatic carbocycles. The van der Waals surface area contributed by atoms with Crippen molar-refractivity contribution in [1.82, 2.24) is 15.3 Å². The second-order valence-corrected chi connectivity index (χ2v) is 3.96. The molecule has 1 aromatic rings. The number of amides is 1. The number of aromatic nitrogens is 2. The number of methoxy groups -OCH3 is 1. The summed E-state index contributed by atoms with van der Waals surface area (Å²) in [6.07, 6.45) is 3.64. The number of carbonyl (C=O) groups excluding carboxylic acids is 2. The first kappa shape index (κ1) is 14.9. The Balaban J connectivity index is 2.60. The lowest BCUT2D eigenvalue weighted by atomic mass is 10.4. The van der Waals surface area contributed by atoms with E-state index < -0.39 is 5.97 Å². The van der Waals surface area contributed by atoms with Crippen LogP contribution in [-0.4, -0.2) is 49.1 Å². The first-order valence-electron chi connectivity index (χ1n) is 5.96. The van der Waals surface area contributed by atoms with Gasteiger partial charge in [0, 0.05) is 13.6 Å². The molecule has 1 N–H and O–H groups in total. The number of carbonyl (C=O) groups is 2. The van der Waals surface area contributed by atoms with Gasteiger partial charge in [-0.3, -0.25) is 4.79 Å². The summed E-state index contributed by atoms with van der Waals surface area (Å²) in [4.78, 5) is 32.4. The van der Waals surface area contributed by atoms with E-state index in [1.807, 2.05) is 6.92 Å². The number of nitrogens with zero attached hydrogens (tertiary/aromatic N) is 3. The third-order valence-electron chi connectivity index (χ3n) is 2.38. The average Bonchev–Trinajstić information content (AvgIpc) is 2.44. The zero-order chi connectivity index (χ0) is 14.3. The van der Waals surface area contributed by atoms with Gasteiger partial charge in [-0.15, -0.1) is 0 Å². The fraction of sp³-hybridized carbons (Fsp3) is 0.500. The largest absolute Gasteiger partial charge is 0.464 e. The number of rotatable bonds is 6. The highest BCUT2D eigenvalue weighted by Crippen LogP contribution is 2.06. The smallest absolute Gasteiger partial charge is 0.358 e. The Morgan fingerprint density at radius 3 is 2.63 bits per heavy atom. The van der Waals surface area contributed by atoms with E-state index >= 15 is 0 Å². The van der Waals surface area contributed by atoms with Gasteiger partial charge in [0.2, 0.25) is 5.91 Å². The molecule has 0 unspecified atom stereocenters. The monoisotopic (exact) mass is 266 g/mol. The van der Waals surface area contributed by atoms with E-state index in [2.05, 4.69) is 20.0 Å². The lowest BCUT2D eigenvalue weighted by Gasteiger charge is -2.17. The average molecular weight is 266 g/mol. The third-order valence-corrected chi connectivity index (χ3v) is 2.38. The molecule has 0 bridgehead atoms. The van der Waals surface area contributed by atoms with E-state index in [0.717, 1.165) is 6.42 Å². The van der Waals surface area contributed by atoms with Crippen LogP contribution in [0.3, 0.4) is 0 Å². The Labute approximate surface area is 112 Å². The number of nitrogens with one attached hydrogen (secondary N) is 1. The summed E-state index contributed by atoms with van der Waals surface area (Å²) in [5.74, 6) is -0.107. The standard InChI is InChI=1S/C12H18N4O3/c1-4-5-13-11(17)8-16(2)10-7-14-9(6-15-10)12(18)19-3/h6-7H,4-5,8H2,1-3H3,(H,13,17). The van der Waals surface area contributed by atoms with Gasteiger partial charge in [0.05, 0.1) is 26.0 Å². The summed E-state index contributed by atoms with van der Waals surface area (Å²) < 4.78 is 4.53. The van der Waals surface area contributed by atoms with Crippen molar-refractivity contribution in [3.8, 4) is 0 Å². The number of hydrogen-bond acceptors (Lipinski definition) is 6. The van der Waals surface area contributed by atoms with Crippen LogP contribution in [-0.2, 0) is 9.53 Å². The lowest BCUT2D eigenvalue weighted by molar-refractivity contribution is -0.119. The van der Waals surface area contributed by atoms with E-state index in [9.17, 15) is 9.59 Å². The van der Waals surface area contributed by atoms with Crippen LogP contribution >= 0.6 is 0 Å². The fourth-order valence-corrected chi connectivity index (χ4v) is 1.35. The summed E-state index contributed by atoms with van der Waals surface area (Å²) in [7, 11) is 3.01. The maximum absolute atomic E-state index is 11.5. The maximum atomic E-state index is 11.5. The molecular weight excluding hydrogens is 248 g/mol. The molecule has 0 spiro atoms. The molecule has 1 aromatic heterocycles. The molecule has 1 amide bonds. The topological polar surface area (TPSA) is 84.4 Å². The molecular formula is C12H18N4O3. The van der Waals surface area contributed by atoms with Gasteiger partial charge in [0.25, 0.3) is 0 Å². The zero-order valence-electron chi connectivity index (χ0n) is 11.3. The molecule has 19 heavy (non-hydrogen) atoms. The van der Waals surface area contributed by atoms with Crippen molar-refractivity contribution in [1.29, 1.82) is 0 Å². The van der Waals surface area contributed by atoms with Crippen LogP contribution in [0.4, 0.5) is 5.82 Å². The molecule has 1 heterocycles. The number of anilines is 1. The van der Waals surface area contributed by atoms with Crippen molar-refractivity contribution in [2.24, 2.45) is 0 Å². The van der Waals surface area contributed by atoms with E-state index in [0.29, 0.717) is 12.4 Å². The van der Waals surface area contributed by atoms with Crippen LogP contribution < -0.4 is 10.2 Å². The van der Waals surface area contributed by atoms with E-state index in [-0.39, 0.29) is 18.1 Å². The first-order valence-corrected chi connectivity index (χ1v) is 5.96. The lowest BCUT2D eigenvalue weighted by Crippen LogP contribution is -2.35. The minimum absolute atomic E-state index is 0.0804. The van der Waals surface area contributed by atoms with Crippen molar-refractivity contribution < 1.29 is 14.3 Å². The molecule has 1 rings (SSSR count). The molecule has 0 atom stereocenters. The van der Waals surface area contributed by atoms with Crippen molar-refractivity contribution in [2.75, 3.05) is 32.1 Å². The van der Waals surface area contributed by atoms with Gasteiger partial charge in [-0.2, -0.15) is 0 Å². The summed E-state index contributed by atoms with van der Waals surface area (Å²) in [6.45, 7) is 2.83. The highest BCUT2D eigenvalue weighted by molar-refractivity contribution is 5.86. The van der Waals surface area contributed by atoms with Crippen molar-refractivity contribution in [3.05, 3.63) is 18.1 Å². The molecule has 0 saturated carbocycles. The summed E-state index contributed by atoms with van der Waals surface area (Å²) in [6, 6.07) is 0. The SMILES string of the molecule is CCCNC(=O)CN(C)c1cnc(C(=O)OC)cn1. The number of esters is 1. The molecule has 7 nitrogen and oxygen atoms in total. The predicted octanol–water partition coefficient (Wildman–Crippen LogP) is 0.226. The fourth-order valence-electron chi connectivity index (χ4n) is 1.35. The first-order chi connectivity index (χ1) is 9.08. The highest BCUT2D eigenvalue weighted by Gasteiger charge is 2.11. The van der Waals surface area contributed by atoms with Gasteiger partial charge < -0.3 is 15.0 Å². The Bertz CT molecular complexity index is 433. The second kappa shape index (κ2) is 7.30. The molecule has 0 aliphatic heterocycles. The Hall–Kier alpha value is -2.18. The normalized spacial score (nSPS) is 9.84. The maximum Gasteiger partial charge on any atom is 0.358 e. The number of ether oxygens (including phenoxy) is 1. The van der Waals surface area contributed by atoms with Crippen molar-refractivity contribution >= 4 is 17.7 Å². The van der Waals surface area contributed by atoms with Gasteiger partial charge in [-0.1, -0.05) is 6.92 Å². The molecule has 104 valence electrons. The predicted molar refractivity (Wildman–Crippen MR) is 69.9 cm³/mol. The summed E-state index contributed by atoms with van der Waals surface area (Å²) in [5, 5.41) is 2.77. The Morgan fingerprint density at radius 1 is 1.37 bits per heavy atom. The number of likely N-dealkylation sites (N-methyl/N-ethyl adjacent to an activating group) is 1. The minimum atomic E-state index is -0.539. The van der Waals surface area contributed by atoms with Gasteiger partial charge in [0.1, 0.15) is 5.82 Å². The van der Waals surface area contributed by atoms with Crippen LogP contribution in [0.15, 0.2) is 12.4 Å². The molecule has 7 heteroatoms. The van der Waals surface area contributed by atoms with E-state index in [4.69, 9.17) is 0 Å². The minimum Gasteiger partial charge on any atom is -0.464 e. The molecule has 0 radical (unpaired) electrons. The van der Waals surface area contributed by atoms with Crippen LogP contribution in [0.1, 0.15) is 23.8 Å². The Morgan fingerprint density at radius 2 is 2.11 bits per heavy atom. The van der Waals surface area contributed by atoms with Gasteiger partial charge >= 0.3 is 5.97 Å². The third kappa shape index (κ3) is 4.53. The summed E-state index contributed by atoms with van der Waals surface area (Å²) >= 11 is 0. The highest BCUT2D eigenvalue weighted by atomic mass is 16.5. The van der Waals surface area contributed by atoms with Gasteiger partial charge in [-0.25, -0.2) is 14.8 Å². The molecule has 0 fully saturated rings. The molecule has 0 aliphatic rings. The van der Waals surface area contributed by atoms with E-state index in [1.54, 1.807) is 11.9 Å². The van der Waals surface area contributed by atoms with Gasteiger partial charge in [-0.05, 0) is 6.42 Å².